The fourth-order valence-electron chi connectivity index (χ4n) is 2.10. The average molecular weight is 255 g/mol. The number of nitrogens with zero attached hydrogens (tertiary/aromatic N) is 2. The Balaban J connectivity index is 2.00. The summed E-state index contributed by atoms with van der Waals surface area (Å²) in [5, 5.41) is 0. The van der Waals surface area contributed by atoms with Crippen molar-refractivity contribution in [1.82, 2.24) is 4.98 Å². The highest BCUT2D eigenvalue weighted by atomic mass is 15.1. The average Bonchev–Trinajstić information content (AvgIpc) is 2.45. The van der Waals surface area contributed by atoms with Crippen molar-refractivity contribution in [2.24, 2.45) is 5.73 Å². The molecule has 100 valence electrons. The first-order valence-electron chi connectivity index (χ1n) is 6.61. The van der Waals surface area contributed by atoms with Gasteiger partial charge in [-0.25, -0.2) is 0 Å². The molecule has 0 amide bonds. The molecule has 2 N–H and O–H groups in total. The molecule has 0 aliphatic heterocycles. The van der Waals surface area contributed by atoms with E-state index < -0.39 is 0 Å². The summed E-state index contributed by atoms with van der Waals surface area (Å²) in [5.74, 6) is 0. The maximum Gasteiger partial charge on any atom is 0.0421 e. The highest BCUT2D eigenvalue weighted by Crippen LogP contribution is 2.18. The summed E-state index contributed by atoms with van der Waals surface area (Å²) in [6, 6.07) is 12.5. The summed E-state index contributed by atoms with van der Waals surface area (Å²) in [6.45, 7) is 3.67. The van der Waals surface area contributed by atoms with Crippen molar-refractivity contribution in [3.63, 3.8) is 0 Å². The topological polar surface area (TPSA) is 42.2 Å². The minimum Gasteiger partial charge on any atom is -0.374 e. The van der Waals surface area contributed by atoms with Gasteiger partial charge in [0, 0.05) is 44.1 Å². The van der Waals surface area contributed by atoms with Crippen LogP contribution in [0.2, 0.25) is 0 Å². The van der Waals surface area contributed by atoms with Crippen molar-refractivity contribution in [3.05, 3.63) is 59.4 Å². The molecule has 1 aromatic carbocycles. The van der Waals surface area contributed by atoms with Gasteiger partial charge < -0.3 is 10.6 Å². The van der Waals surface area contributed by atoms with E-state index in [1.165, 1.54) is 16.8 Å². The number of aromatic nitrogens is 1. The molecule has 2 aromatic rings. The van der Waals surface area contributed by atoms with E-state index in [2.05, 4.69) is 48.1 Å². The molecule has 0 bridgehead atoms. The Morgan fingerprint density at radius 2 is 2.05 bits per heavy atom. The molecule has 0 aliphatic carbocycles. The Kier molecular flexibility index (Phi) is 4.53. The Hall–Kier alpha value is -1.87. The molecule has 2 rings (SSSR count). The van der Waals surface area contributed by atoms with Crippen LogP contribution in [-0.2, 0) is 13.0 Å². The van der Waals surface area contributed by atoms with Gasteiger partial charge in [0.25, 0.3) is 0 Å². The second-order valence-electron chi connectivity index (χ2n) is 4.81. The molecular weight excluding hydrogens is 234 g/mol. The van der Waals surface area contributed by atoms with Crippen molar-refractivity contribution >= 4 is 5.69 Å². The van der Waals surface area contributed by atoms with Crippen LogP contribution < -0.4 is 10.6 Å². The van der Waals surface area contributed by atoms with Crippen LogP contribution in [0, 0.1) is 6.92 Å². The zero-order valence-electron chi connectivity index (χ0n) is 11.6. The monoisotopic (exact) mass is 255 g/mol. The number of benzene rings is 1. The Morgan fingerprint density at radius 1 is 1.21 bits per heavy atom. The second kappa shape index (κ2) is 6.34. The normalized spacial score (nSPS) is 10.5. The molecule has 1 heterocycles. The van der Waals surface area contributed by atoms with Crippen molar-refractivity contribution < 1.29 is 0 Å². The molecule has 0 spiro atoms. The van der Waals surface area contributed by atoms with Crippen LogP contribution in [0.5, 0.6) is 0 Å². The van der Waals surface area contributed by atoms with Crippen LogP contribution in [0.25, 0.3) is 0 Å². The van der Waals surface area contributed by atoms with Gasteiger partial charge in [0.1, 0.15) is 0 Å². The van der Waals surface area contributed by atoms with Gasteiger partial charge in [0.2, 0.25) is 0 Å². The molecule has 0 aliphatic rings. The van der Waals surface area contributed by atoms with E-state index in [1.54, 1.807) is 0 Å². The van der Waals surface area contributed by atoms with Crippen molar-refractivity contribution in [3.8, 4) is 0 Å². The van der Waals surface area contributed by atoms with Crippen LogP contribution in [0.3, 0.4) is 0 Å². The van der Waals surface area contributed by atoms with Gasteiger partial charge in [-0.1, -0.05) is 12.1 Å². The number of hydrogen-bond donors (Lipinski definition) is 1. The molecule has 0 fully saturated rings. The van der Waals surface area contributed by atoms with Crippen LogP contribution in [0.1, 0.15) is 16.8 Å². The molecule has 0 radical (unpaired) electrons. The van der Waals surface area contributed by atoms with Gasteiger partial charge in [-0.2, -0.15) is 0 Å². The van der Waals surface area contributed by atoms with E-state index in [1.807, 2.05) is 18.3 Å². The largest absolute Gasteiger partial charge is 0.374 e. The zero-order valence-corrected chi connectivity index (χ0v) is 11.6. The highest BCUT2D eigenvalue weighted by molar-refractivity contribution is 5.50. The second-order valence-corrected chi connectivity index (χ2v) is 4.81. The number of anilines is 1. The fourth-order valence-corrected chi connectivity index (χ4v) is 2.10. The maximum absolute atomic E-state index is 5.69. The van der Waals surface area contributed by atoms with Gasteiger partial charge in [-0.3, -0.25) is 4.98 Å². The Morgan fingerprint density at radius 3 is 2.68 bits per heavy atom. The summed E-state index contributed by atoms with van der Waals surface area (Å²) < 4.78 is 0. The van der Waals surface area contributed by atoms with E-state index >= 15 is 0 Å². The first-order chi connectivity index (χ1) is 9.20. The van der Waals surface area contributed by atoms with E-state index in [4.69, 9.17) is 5.73 Å². The third-order valence-electron chi connectivity index (χ3n) is 3.42. The van der Waals surface area contributed by atoms with Gasteiger partial charge in [0.05, 0.1) is 0 Å². The number of aryl methyl sites for hydroxylation is 1. The van der Waals surface area contributed by atoms with Gasteiger partial charge in [-0.15, -0.1) is 0 Å². The summed E-state index contributed by atoms with van der Waals surface area (Å²) in [4.78, 5) is 6.60. The SMILES string of the molecule is Cc1cc(N(C)CCc2ccccn2)ccc1CN. The molecular formula is C16H21N3. The maximum atomic E-state index is 5.69. The zero-order chi connectivity index (χ0) is 13.7. The molecule has 0 atom stereocenters. The quantitative estimate of drug-likeness (QED) is 0.892. The third kappa shape index (κ3) is 3.55. The molecule has 0 unspecified atom stereocenters. The minimum absolute atomic E-state index is 0.601. The lowest BCUT2D eigenvalue weighted by Gasteiger charge is -2.20. The standard InChI is InChI=1S/C16H21N3/c1-13-11-16(7-6-14(13)12-17)19(2)10-8-15-5-3-4-9-18-15/h3-7,9,11H,8,10,12,17H2,1-2H3. The van der Waals surface area contributed by atoms with E-state index in [-0.39, 0.29) is 0 Å². The minimum atomic E-state index is 0.601. The highest BCUT2D eigenvalue weighted by Gasteiger charge is 2.04. The van der Waals surface area contributed by atoms with Gasteiger partial charge >= 0.3 is 0 Å². The first kappa shape index (κ1) is 13.6. The molecule has 1 aromatic heterocycles. The molecule has 3 nitrogen and oxygen atoms in total. The number of pyridine rings is 1. The van der Waals surface area contributed by atoms with Crippen LogP contribution in [-0.4, -0.2) is 18.6 Å². The summed E-state index contributed by atoms with van der Waals surface area (Å²) in [7, 11) is 2.11. The predicted molar refractivity (Wildman–Crippen MR) is 80.3 cm³/mol. The van der Waals surface area contributed by atoms with Crippen molar-refractivity contribution in [1.29, 1.82) is 0 Å². The first-order valence-corrected chi connectivity index (χ1v) is 6.61. The molecule has 3 heteroatoms. The van der Waals surface area contributed by atoms with Crippen LogP contribution in [0.15, 0.2) is 42.6 Å². The van der Waals surface area contributed by atoms with Gasteiger partial charge in [-0.05, 0) is 42.3 Å². The summed E-state index contributed by atoms with van der Waals surface area (Å²) >= 11 is 0. The van der Waals surface area contributed by atoms with Crippen molar-refractivity contribution in [2.45, 2.75) is 19.9 Å². The lowest BCUT2D eigenvalue weighted by Crippen LogP contribution is -2.20. The number of likely N-dealkylation sites (N-methyl/N-ethyl adjacent to an activating group) is 1. The van der Waals surface area contributed by atoms with E-state index in [0.717, 1.165) is 18.7 Å². The Bertz CT molecular complexity index is 523. The van der Waals surface area contributed by atoms with Crippen LogP contribution in [0.4, 0.5) is 5.69 Å². The molecule has 19 heavy (non-hydrogen) atoms. The predicted octanol–water partition coefficient (Wildman–Crippen LogP) is 2.53. The fraction of sp³-hybridized carbons (Fsp3) is 0.312. The molecule has 0 saturated heterocycles. The lowest BCUT2D eigenvalue weighted by atomic mass is 10.1. The van der Waals surface area contributed by atoms with Crippen LogP contribution >= 0.6 is 0 Å². The Labute approximate surface area is 115 Å². The van der Waals surface area contributed by atoms with Gasteiger partial charge in [0.15, 0.2) is 0 Å². The lowest BCUT2D eigenvalue weighted by molar-refractivity contribution is 0.851. The van der Waals surface area contributed by atoms with E-state index in [0.29, 0.717) is 6.54 Å². The van der Waals surface area contributed by atoms with Crippen molar-refractivity contribution in [2.75, 3.05) is 18.5 Å². The summed E-state index contributed by atoms with van der Waals surface area (Å²) in [5.41, 5.74) is 10.5. The smallest absolute Gasteiger partial charge is 0.0421 e. The molecule has 0 saturated carbocycles. The summed E-state index contributed by atoms with van der Waals surface area (Å²) in [6.07, 6.45) is 2.80. The third-order valence-corrected chi connectivity index (χ3v) is 3.42. The number of rotatable bonds is 5. The number of nitrogens with two attached hydrogens (primary N) is 1. The number of hydrogen-bond acceptors (Lipinski definition) is 3. The van der Waals surface area contributed by atoms with E-state index in [9.17, 15) is 0 Å².